The molecule has 170 valence electrons. The van der Waals surface area contributed by atoms with Crippen molar-refractivity contribution in [1.29, 1.82) is 0 Å². The smallest absolute Gasteiger partial charge is 0.231 e. The largest absolute Gasteiger partial charge is 0.326 e. The number of Topliss-reactive ketones (excluding diaryl/α,β-unsaturated/α-hetero) is 1. The summed E-state index contributed by atoms with van der Waals surface area (Å²) in [6, 6.07) is 15.6. The molecular weight excluding hydrogens is 575 g/mol. The number of alkyl halides is 2. The second-order valence-corrected chi connectivity index (χ2v) is 10.8. The Bertz CT molecular complexity index is 1250. The Morgan fingerprint density at radius 3 is 2.33 bits per heavy atom. The number of hydrogen-bond acceptors (Lipinski definition) is 2. The van der Waals surface area contributed by atoms with Gasteiger partial charge in [-0.1, -0.05) is 41.4 Å². The molecule has 9 heteroatoms. The lowest BCUT2D eigenvalue weighted by molar-refractivity contribution is -0.117. The van der Waals surface area contributed by atoms with Gasteiger partial charge in [0, 0.05) is 28.1 Å². The molecule has 1 saturated carbocycles. The Morgan fingerprint density at radius 1 is 0.970 bits per heavy atom. The minimum absolute atomic E-state index is 0.0406. The zero-order chi connectivity index (χ0) is 23.9. The molecule has 0 aliphatic heterocycles. The van der Waals surface area contributed by atoms with Crippen LogP contribution in [-0.4, -0.2) is 16.0 Å². The van der Waals surface area contributed by atoms with E-state index in [0.717, 1.165) is 10.0 Å². The Hall–Kier alpha value is -1.63. The number of carbonyl (C=O) groups excluding carboxylic acids is 2. The van der Waals surface area contributed by atoms with Gasteiger partial charge < -0.3 is 5.32 Å². The molecule has 0 aromatic heterocycles. The van der Waals surface area contributed by atoms with Crippen LogP contribution in [0.15, 0.2) is 65.1 Å². The van der Waals surface area contributed by atoms with Crippen LogP contribution >= 0.6 is 62.3 Å². The Morgan fingerprint density at radius 2 is 1.67 bits per heavy atom. The quantitative estimate of drug-likeness (QED) is 0.235. The third-order valence-electron chi connectivity index (χ3n) is 5.45. The lowest BCUT2D eigenvalue weighted by Crippen LogP contribution is -2.17. The van der Waals surface area contributed by atoms with Crippen molar-refractivity contribution in [2.45, 2.75) is 16.7 Å². The van der Waals surface area contributed by atoms with Gasteiger partial charge in [0.15, 0.2) is 5.78 Å². The normalized spacial score (nSPS) is 18.6. The maximum atomic E-state index is 13.1. The maximum absolute atomic E-state index is 13.1. The maximum Gasteiger partial charge on any atom is 0.231 e. The van der Waals surface area contributed by atoms with Crippen LogP contribution in [0.3, 0.4) is 0 Å². The van der Waals surface area contributed by atoms with Crippen LogP contribution in [0.5, 0.6) is 0 Å². The number of ketones is 1. The van der Waals surface area contributed by atoms with Gasteiger partial charge in [0.05, 0.1) is 16.0 Å². The summed E-state index contributed by atoms with van der Waals surface area (Å²) in [5.74, 6) is -2.17. The first-order valence-electron chi connectivity index (χ1n) is 9.78. The zero-order valence-electron chi connectivity index (χ0n) is 16.7. The van der Waals surface area contributed by atoms with E-state index in [2.05, 4.69) is 21.2 Å². The summed E-state index contributed by atoms with van der Waals surface area (Å²) in [5, 5.41) is 3.51. The average molecular weight is 590 g/mol. The molecule has 3 aromatic carbocycles. The van der Waals surface area contributed by atoms with Crippen LogP contribution < -0.4 is 5.32 Å². The molecule has 1 N–H and O–H groups in total. The molecule has 2 atom stereocenters. The highest BCUT2D eigenvalue weighted by molar-refractivity contribution is 9.10. The molecular formula is C24H15BrCl4FNO2. The predicted octanol–water partition coefficient (Wildman–Crippen LogP) is 7.85. The summed E-state index contributed by atoms with van der Waals surface area (Å²) in [4.78, 5) is 25.7. The van der Waals surface area contributed by atoms with E-state index in [4.69, 9.17) is 46.4 Å². The van der Waals surface area contributed by atoms with Crippen molar-refractivity contribution in [2.24, 2.45) is 5.92 Å². The van der Waals surface area contributed by atoms with Gasteiger partial charge in [0.2, 0.25) is 5.91 Å². The van der Waals surface area contributed by atoms with Gasteiger partial charge >= 0.3 is 0 Å². The zero-order valence-corrected chi connectivity index (χ0v) is 21.3. The third-order valence-corrected chi connectivity index (χ3v) is 7.95. The van der Waals surface area contributed by atoms with Crippen LogP contribution in [0.1, 0.15) is 27.4 Å². The molecule has 3 nitrogen and oxygen atoms in total. The van der Waals surface area contributed by atoms with E-state index < -0.39 is 16.2 Å². The minimum atomic E-state index is -1.28. The van der Waals surface area contributed by atoms with Gasteiger partial charge in [-0.2, -0.15) is 0 Å². The molecule has 0 radical (unpaired) electrons. The van der Waals surface area contributed by atoms with Gasteiger partial charge in [-0.3, -0.25) is 9.59 Å². The van der Waals surface area contributed by atoms with Crippen molar-refractivity contribution in [3.8, 4) is 0 Å². The first kappa shape index (κ1) is 24.5. The second-order valence-electron chi connectivity index (χ2n) is 7.71. The average Bonchev–Trinajstić information content (AvgIpc) is 3.35. The molecule has 1 fully saturated rings. The van der Waals surface area contributed by atoms with E-state index >= 15 is 0 Å². The monoisotopic (exact) mass is 587 g/mol. The van der Waals surface area contributed by atoms with Gasteiger partial charge in [0.25, 0.3) is 0 Å². The van der Waals surface area contributed by atoms with Crippen molar-refractivity contribution in [3.63, 3.8) is 0 Å². The lowest BCUT2D eigenvalue weighted by Gasteiger charge is -2.09. The lowest BCUT2D eigenvalue weighted by atomic mass is 10.0. The first-order chi connectivity index (χ1) is 15.6. The number of rotatable bonds is 6. The molecule has 0 spiro atoms. The van der Waals surface area contributed by atoms with Crippen molar-refractivity contribution in [1.82, 2.24) is 0 Å². The number of halogens is 6. The fourth-order valence-electron chi connectivity index (χ4n) is 3.69. The van der Waals surface area contributed by atoms with E-state index in [-0.39, 0.29) is 34.5 Å². The molecule has 0 heterocycles. The molecule has 0 saturated heterocycles. The summed E-state index contributed by atoms with van der Waals surface area (Å²) in [7, 11) is 0. The summed E-state index contributed by atoms with van der Waals surface area (Å²) < 4.78 is 12.6. The summed E-state index contributed by atoms with van der Waals surface area (Å²) in [5.41, 5.74) is 2.03. The minimum Gasteiger partial charge on any atom is -0.326 e. The third kappa shape index (κ3) is 5.23. The Kier molecular flexibility index (Phi) is 7.09. The second kappa shape index (κ2) is 9.55. The Labute approximate surface area is 218 Å². The highest BCUT2D eigenvalue weighted by atomic mass is 79.9. The van der Waals surface area contributed by atoms with Crippen LogP contribution in [0.25, 0.3) is 0 Å². The molecule has 1 aliphatic rings. The Balaban J connectivity index is 1.50. The van der Waals surface area contributed by atoms with E-state index in [1.165, 1.54) is 36.4 Å². The fourth-order valence-corrected chi connectivity index (χ4v) is 5.18. The van der Waals surface area contributed by atoms with Gasteiger partial charge in [-0.05, 0) is 69.5 Å². The predicted molar refractivity (Wildman–Crippen MR) is 134 cm³/mol. The number of anilines is 1. The molecule has 1 aliphatic carbocycles. The molecule has 4 rings (SSSR count). The van der Waals surface area contributed by atoms with Crippen molar-refractivity contribution in [2.75, 3.05) is 5.32 Å². The molecule has 2 unspecified atom stereocenters. The van der Waals surface area contributed by atoms with Crippen LogP contribution in [0.4, 0.5) is 10.1 Å². The topological polar surface area (TPSA) is 46.2 Å². The number of carbonyl (C=O) groups is 2. The fraction of sp³-hybridized carbons (Fsp3) is 0.167. The summed E-state index contributed by atoms with van der Waals surface area (Å²) >= 11 is 28.6. The number of hydrogen-bond donors (Lipinski definition) is 1. The van der Waals surface area contributed by atoms with Gasteiger partial charge in [-0.25, -0.2) is 4.39 Å². The SMILES string of the molecule is O=C(Cc1ccc(F)cc1)c1cc(NC(=O)C2C(c3ccc(Br)c(Cl)c3)C2(Cl)Cl)ccc1Cl. The summed E-state index contributed by atoms with van der Waals surface area (Å²) in [6.07, 6.45) is 0.0406. The van der Waals surface area contributed by atoms with E-state index in [0.29, 0.717) is 16.3 Å². The van der Waals surface area contributed by atoms with E-state index in [9.17, 15) is 14.0 Å². The molecule has 3 aromatic rings. The number of amides is 1. The first-order valence-corrected chi connectivity index (χ1v) is 12.1. The van der Waals surface area contributed by atoms with E-state index in [1.54, 1.807) is 18.2 Å². The number of nitrogens with one attached hydrogen (secondary N) is 1. The molecule has 33 heavy (non-hydrogen) atoms. The van der Waals surface area contributed by atoms with Crippen LogP contribution in [-0.2, 0) is 11.2 Å². The van der Waals surface area contributed by atoms with Gasteiger partial charge in [-0.15, -0.1) is 23.2 Å². The van der Waals surface area contributed by atoms with E-state index in [1.807, 2.05) is 6.07 Å². The van der Waals surface area contributed by atoms with Crippen molar-refractivity contribution >= 4 is 79.7 Å². The van der Waals surface area contributed by atoms with Gasteiger partial charge in [0.1, 0.15) is 10.2 Å². The highest BCUT2D eigenvalue weighted by Crippen LogP contribution is 2.65. The summed E-state index contributed by atoms with van der Waals surface area (Å²) in [6.45, 7) is 0. The van der Waals surface area contributed by atoms with Crippen molar-refractivity contribution < 1.29 is 14.0 Å². The van der Waals surface area contributed by atoms with Crippen LogP contribution in [0.2, 0.25) is 10.0 Å². The van der Waals surface area contributed by atoms with Crippen LogP contribution in [0, 0.1) is 11.7 Å². The highest BCUT2D eigenvalue weighted by Gasteiger charge is 2.67. The molecule has 1 amide bonds. The number of benzene rings is 3. The van der Waals surface area contributed by atoms with Crippen molar-refractivity contribution in [3.05, 3.63) is 97.7 Å². The molecule has 0 bridgehead atoms. The standard InChI is InChI=1S/C24H15BrCl4FNO2/c25-17-7-3-13(10-19(17)27)21-22(24(21,28)29)23(33)31-15-6-8-18(26)16(11-15)20(32)9-12-1-4-14(30)5-2-12/h1-8,10-11,21-22H,9H2,(H,31,33).